The molecule has 1 aromatic rings. The van der Waals surface area contributed by atoms with Crippen molar-refractivity contribution in [1.82, 2.24) is 5.32 Å². The zero-order valence-electron chi connectivity index (χ0n) is 7.76. The van der Waals surface area contributed by atoms with E-state index in [2.05, 4.69) is 46.9 Å². The standard InChI is InChI=1S/C11H14BrN/c1-3-8-13-9(2)10-6-4-5-7-11(10)12/h3-7,9,13H,1,8H2,2H3/t9-/m0/s1. The molecule has 1 rings (SSSR count). The molecule has 13 heavy (non-hydrogen) atoms. The zero-order chi connectivity index (χ0) is 9.68. The highest BCUT2D eigenvalue weighted by Crippen LogP contribution is 2.22. The van der Waals surface area contributed by atoms with Gasteiger partial charge in [-0.3, -0.25) is 0 Å². The molecule has 70 valence electrons. The third-order valence-corrected chi connectivity index (χ3v) is 2.66. The minimum atomic E-state index is 0.355. The van der Waals surface area contributed by atoms with E-state index in [-0.39, 0.29) is 0 Å². The Labute approximate surface area is 88.0 Å². The van der Waals surface area contributed by atoms with Gasteiger partial charge in [0.15, 0.2) is 0 Å². The van der Waals surface area contributed by atoms with Crippen molar-refractivity contribution in [2.45, 2.75) is 13.0 Å². The molecule has 0 aliphatic carbocycles. The normalized spacial score (nSPS) is 12.5. The van der Waals surface area contributed by atoms with E-state index >= 15 is 0 Å². The first-order valence-electron chi connectivity index (χ1n) is 4.34. The van der Waals surface area contributed by atoms with Gasteiger partial charge in [0.1, 0.15) is 0 Å². The highest BCUT2D eigenvalue weighted by molar-refractivity contribution is 9.10. The number of hydrogen-bond acceptors (Lipinski definition) is 1. The van der Waals surface area contributed by atoms with E-state index in [1.54, 1.807) is 0 Å². The summed E-state index contributed by atoms with van der Waals surface area (Å²) >= 11 is 3.52. The van der Waals surface area contributed by atoms with Crippen LogP contribution in [0.1, 0.15) is 18.5 Å². The summed E-state index contributed by atoms with van der Waals surface area (Å²) in [4.78, 5) is 0. The van der Waals surface area contributed by atoms with Gasteiger partial charge in [-0.2, -0.15) is 0 Å². The molecule has 0 amide bonds. The molecular formula is C11H14BrN. The van der Waals surface area contributed by atoms with Gasteiger partial charge >= 0.3 is 0 Å². The maximum absolute atomic E-state index is 3.67. The molecule has 0 aliphatic rings. The van der Waals surface area contributed by atoms with Crippen molar-refractivity contribution in [2.75, 3.05) is 6.54 Å². The Kier molecular flexibility index (Phi) is 4.19. The van der Waals surface area contributed by atoms with E-state index < -0.39 is 0 Å². The fourth-order valence-electron chi connectivity index (χ4n) is 1.20. The lowest BCUT2D eigenvalue weighted by molar-refractivity contribution is 0.615. The average molecular weight is 240 g/mol. The Morgan fingerprint density at radius 3 is 2.85 bits per heavy atom. The first-order chi connectivity index (χ1) is 6.25. The molecule has 0 bridgehead atoms. The SMILES string of the molecule is C=CCN[C@@H](C)c1ccccc1Br. The highest BCUT2D eigenvalue weighted by atomic mass is 79.9. The van der Waals surface area contributed by atoms with Crippen LogP contribution in [-0.2, 0) is 0 Å². The van der Waals surface area contributed by atoms with Crippen LogP contribution in [0.15, 0.2) is 41.4 Å². The van der Waals surface area contributed by atoms with E-state index in [4.69, 9.17) is 0 Å². The maximum atomic E-state index is 3.67. The van der Waals surface area contributed by atoms with Crippen LogP contribution < -0.4 is 5.32 Å². The van der Waals surface area contributed by atoms with Gasteiger partial charge in [-0.05, 0) is 18.6 Å². The topological polar surface area (TPSA) is 12.0 Å². The third-order valence-electron chi connectivity index (χ3n) is 1.94. The Bertz CT molecular complexity index is 283. The second-order valence-electron chi connectivity index (χ2n) is 2.94. The molecule has 0 heterocycles. The van der Waals surface area contributed by atoms with Crippen LogP contribution in [0.3, 0.4) is 0 Å². The number of rotatable bonds is 4. The quantitative estimate of drug-likeness (QED) is 0.796. The van der Waals surface area contributed by atoms with E-state index in [1.807, 2.05) is 18.2 Å². The molecule has 0 aliphatic heterocycles. The summed E-state index contributed by atoms with van der Waals surface area (Å²) in [7, 11) is 0. The lowest BCUT2D eigenvalue weighted by Gasteiger charge is -2.14. The molecule has 0 aromatic heterocycles. The largest absolute Gasteiger partial charge is 0.307 e. The van der Waals surface area contributed by atoms with Crippen molar-refractivity contribution < 1.29 is 0 Å². The summed E-state index contributed by atoms with van der Waals surface area (Å²) in [5.74, 6) is 0. The predicted octanol–water partition coefficient (Wildman–Crippen LogP) is 3.29. The Hall–Kier alpha value is -0.600. The summed E-state index contributed by atoms with van der Waals surface area (Å²) < 4.78 is 1.15. The summed E-state index contributed by atoms with van der Waals surface area (Å²) in [5, 5.41) is 3.34. The number of nitrogens with one attached hydrogen (secondary N) is 1. The van der Waals surface area contributed by atoms with Crippen molar-refractivity contribution in [3.63, 3.8) is 0 Å². The van der Waals surface area contributed by atoms with Crippen LogP contribution in [0.4, 0.5) is 0 Å². The fraction of sp³-hybridized carbons (Fsp3) is 0.273. The lowest BCUT2D eigenvalue weighted by Crippen LogP contribution is -2.18. The molecule has 1 aromatic carbocycles. The van der Waals surface area contributed by atoms with Crippen LogP contribution >= 0.6 is 15.9 Å². The highest BCUT2D eigenvalue weighted by Gasteiger charge is 2.05. The Morgan fingerprint density at radius 1 is 1.54 bits per heavy atom. The van der Waals surface area contributed by atoms with Gasteiger partial charge in [0.2, 0.25) is 0 Å². The molecule has 1 atom stereocenters. The van der Waals surface area contributed by atoms with Crippen LogP contribution in [-0.4, -0.2) is 6.54 Å². The molecule has 2 heteroatoms. The Balaban J connectivity index is 2.70. The van der Waals surface area contributed by atoms with Gasteiger partial charge in [-0.15, -0.1) is 6.58 Å². The predicted molar refractivity (Wildman–Crippen MR) is 60.8 cm³/mol. The molecule has 0 fully saturated rings. The average Bonchev–Trinajstić information content (AvgIpc) is 2.15. The number of halogens is 1. The summed E-state index contributed by atoms with van der Waals surface area (Å²) in [5.41, 5.74) is 1.28. The van der Waals surface area contributed by atoms with Crippen LogP contribution in [0.2, 0.25) is 0 Å². The van der Waals surface area contributed by atoms with Gasteiger partial charge in [0, 0.05) is 17.1 Å². The van der Waals surface area contributed by atoms with Crippen LogP contribution in [0.5, 0.6) is 0 Å². The summed E-state index contributed by atoms with van der Waals surface area (Å²) in [6.07, 6.45) is 1.87. The van der Waals surface area contributed by atoms with Crippen molar-refractivity contribution >= 4 is 15.9 Å². The minimum absolute atomic E-state index is 0.355. The van der Waals surface area contributed by atoms with Crippen molar-refractivity contribution in [3.8, 4) is 0 Å². The second kappa shape index (κ2) is 5.20. The molecule has 0 saturated carbocycles. The van der Waals surface area contributed by atoms with Gasteiger partial charge in [0.05, 0.1) is 0 Å². The van der Waals surface area contributed by atoms with E-state index in [0.717, 1.165) is 11.0 Å². The molecule has 0 spiro atoms. The van der Waals surface area contributed by atoms with E-state index in [9.17, 15) is 0 Å². The van der Waals surface area contributed by atoms with Crippen molar-refractivity contribution in [1.29, 1.82) is 0 Å². The molecule has 1 nitrogen and oxygen atoms in total. The van der Waals surface area contributed by atoms with Crippen molar-refractivity contribution in [2.24, 2.45) is 0 Å². The summed E-state index contributed by atoms with van der Waals surface area (Å²) in [6, 6.07) is 8.60. The van der Waals surface area contributed by atoms with Crippen LogP contribution in [0, 0.1) is 0 Å². The third kappa shape index (κ3) is 2.98. The van der Waals surface area contributed by atoms with Gasteiger partial charge < -0.3 is 5.32 Å². The van der Waals surface area contributed by atoms with Gasteiger partial charge in [-0.25, -0.2) is 0 Å². The second-order valence-corrected chi connectivity index (χ2v) is 3.79. The number of benzene rings is 1. The minimum Gasteiger partial charge on any atom is -0.307 e. The summed E-state index contributed by atoms with van der Waals surface area (Å²) in [6.45, 7) is 6.65. The van der Waals surface area contributed by atoms with Crippen LogP contribution in [0.25, 0.3) is 0 Å². The first-order valence-corrected chi connectivity index (χ1v) is 5.13. The zero-order valence-corrected chi connectivity index (χ0v) is 9.34. The van der Waals surface area contributed by atoms with E-state index in [1.165, 1.54) is 5.56 Å². The fourth-order valence-corrected chi connectivity index (χ4v) is 1.82. The molecule has 0 unspecified atom stereocenters. The van der Waals surface area contributed by atoms with Gasteiger partial charge in [0.25, 0.3) is 0 Å². The number of hydrogen-bond donors (Lipinski definition) is 1. The molecular weight excluding hydrogens is 226 g/mol. The molecule has 1 N–H and O–H groups in total. The van der Waals surface area contributed by atoms with Gasteiger partial charge in [-0.1, -0.05) is 40.2 Å². The maximum Gasteiger partial charge on any atom is 0.0305 e. The lowest BCUT2D eigenvalue weighted by atomic mass is 10.1. The Morgan fingerprint density at radius 2 is 2.23 bits per heavy atom. The first kappa shape index (κ1) is 10.5. The molecule has 0 radical (unpaired) electrons. The smallest absolute Gasteiger partial charge is 0.0305 e. The monoisotopic (exact) mass is 239 g/mol. The molecule has 0 saturated heterocycles. The van der Waals surface area contributed by atoms with E-state index in [0.29, 0.717) is 6.04 Å². The van der Waals surface area contributed by atoms with Crippen molar-refractivity contribution in [3.05, 3.63) is 47.0 Å².